The van der Waals surface area contributed by atoms with Gasteiger partial charge in [-0.3, -0.25) is 4.55 Å². The van der Waals surface area contributed by atoms with Crippen molar-refractivity contribution in [2.75, 3.05) is 5.32 Å². The summed E-state index contributed by atoms with van der Waals surface area (Å²) in [6, 6.07) is 32.4. The molecule has 0 heterocycles. The molecule has 0 aliphatic rings. The predicted molar refractivity (Wildman–Crippen MR) is 149 cm³/mol. The second-order valence-electron chi connectivity index (χ2n) is 8.48. The predicted octanol–water partition coefficient (Wildman–Crippen LogP) is 8.97. The molecule has 5 aromatic rings. The van der Waals surface area contributed by atoms with Crippen molar-refractivity contribution >= 4 is 55.0 Å². The van der Waals surface area contributed by atoms with Crippen molar-refractivity contribution in [2.24, 2.45) is 20.5 Å². The third-order valence-corrected chi connectivity index (χ3v) is 6.69. The van der Waals surface area contributed by atoms with Gasteiger partial charge < -0.3 is 5.32 Å². The molecule has 5 aromatic carbocycles. The van der Waals surface area contributed by atoms with Gasteiger partial charge in [-0.2, -0.15) is 23.8 Å². The Labute approximate surface area is 220 Å². The van der Waals surface area contributed by atoms with Crippen LogP contribution >= 0.6 is 0 Å². The van der Waals surface area contributed by atoms with Gasteiger partial charge in [-0.05, 0) is 73.2 Å². The van der Waals surface area contributed by atoms with Crippen LogP contribution in [-0.2, 0) is 10.1 Å². The first-order valence-electron chi connectivity index (χ1n) is 11.7. The summed E-state index contributed by atoms with van der Waals surface area (Å²) < 4.78 is 34.3. The average molecular weight is 522 g/mol. The standard InChI is InChI=1S/C29H23N5O3S/c1-20-19-23(15-16-25(20)33-31-22-11-6-3-7-12-22)32-34-26-17-18-27(30-21-9-4-2-5-10-21)29-24(26)13-8-14-28(29)38(35,36)37/h2-19,30H,1H3,(H,35,36,37)/b33-31+,34-32+. The Morgan fingerprint density at radius 2 is 1.32 bits per heavy atom. The van der Waals surface area contributed by atoms with E-state index in [1.165, 1.54) is 6.07 Å². The van der Waals surface area contributed by atoms with Crippen LogP contribution in [-0.4, -0.2) is 13.0 Å². The Balaban J connectivity index is 1.50. The van der Waals surface area contributed by atoms with E-state index in [1.54, 1.807) is 30.3 Å². The van der Waals surface area contributed by atoms with E-state index in [2.05, 4.69) is 25.8 Å². The molecule has 8 nitrogen and oxygen atoms in total. The fraction of sp³-hybridized carbons (Fsp3) is 0.0345. The van der Waals surface area contributed by atoms with E-state index in [4.69, 9.17) is 0 Å². The highest BCUT2D eigenvalue weighted by Crippen LogP contribution is 2.38. The Morgan fingerprint density at radius 1 is 0.658 bits per heavy atom. The van der Waals surface area contributed by atoms with Crippen molar-refractivity contribution in [1.29, 1.82) is 0 Å². The van der Waals surface area contributed by atoms with Crippen molar-refractivity contribution in [3.05, 3.63) is 115 Å². The minimum atomic E-state index is -4.50. The van der Waals surface area contributed by atoms with Crippen LogP contribution in [0.2, 0.25) is 0 Å². The van der Waals surface area contributed by atoms with Crippen LogP contribution in [0.1, 0.15) is 5.56 Å². The van der Waals surface area contributed by atoms with Crippen molar-refractivity contribution < 1.29 is 13.0 Å². The number of para-hydroxylation sites is 1. The lowest BCUT2D eigenvalue weighted by atomic mass is 10.1. The Kier molecular flexibility index (Phi) is 7.03. The topological polar surface area (TPSA) is 116 Å². The molecular formula is C29H23N5O3S. The number of hydrogen-bond donors (Lipinski definition) is 2. The zero-order valence-electron chi connectivity index (χ0n) is 20.4. The minimum absolute atomic E-state index is 0.213. The van der Waals surface area contributed by atoms with Crippen molar-refractivity contribution in [3.63, 3.8) is 0 Å². The fourth-order valence-electron chi connectivity index (χ4n) is 3.97. The number of benzene rings is 5. The highest BCUT2D eigenvalue weighted by molar-refractivity contribution is 7.86. The summed E-state index contributed by atoms with van der Waals surface area (Å²) in [6.07, 6.45) is 0. The van der Waals surface area contributed by atoms with Gasteiger partial charge in [-0.1, -0.05) is 48.5 Å². The normalized spacial score (nSPS) is 11.9. The molecule has 0 aromatic heterocycles. The maximum Gasteiger partial charge on any atom is 0.295 e. The minimum Gasteiger partial charge on any atom is -0.355 e. The number of rotatable bonds is 7. The summed E-state index contributed by atoms with van der Waals surface area (Å²) in [5.74, 6) is 0. The summed E-state index contributed by atoms with van der Waals surface area (Å²) in [5, 5.41) is 21.4. The molecule has 0 spiro atoms. The van der Waals surface area contributed by atoms with E-state index in [0.29, 0.717) is 33.5 Å². The van der Waals surface area contributed by atoms with E-state index in [-0.39, 0.29) is 4.90 Å². The smallest absolute Gasteiger partial charge is 0.295 e. The molecule has 2 N–H and O–H groups in total. The lowest BCUT2D eigenvalue weighted by molar-refractivity contribution is 0.484. The fourth-order valence-corrected chi connectivity index (χ4v) is 4.70. The molecule has 0 bridgehead atoms. The molecule has 38 heavy (non-hydrogen) atoms. The van der Waals surface area contributed by atoms with Gasteiger partial charge in [0.2, 0.25) is 0 Å². The summed E-state index contributed by atoms with van der Waals surface area (Å²) in [7, 11) is -4.50. The molecule has 0 unspecified atom stereocenters. The number of hydrogen-bond acceptors (Lipinski definition) is 7. The highest BCUT2D eigenvalue weighted by Gasteiger charge is 2.18. The zero-order valence-corrected chi connectivity index (χ0v) is 21.2. The van der Waals surface area contributed by atoms with Gasteiger partial charge >= 0.3 is 0 Å². The van der Waals surface area contributed by atoms with Crippen molar-refractivity contribution in [3.8, 4) is 0 Å². The average Bonchev–Trinajstić information content (AvgIpc) is 2.92. The molecule has 9 heteroatoms. The monoisotopic (exact) mass is 521 g/mol. The number of anilines is 2. The Bertz CT molecular complexity index is 1770. The summed E-state index contributed by atoms with van der Waals surface area (Å²) >= 11 is 0. The van der Waals surface area contributed by atoms with Gasteiger partial charge in [0.15, 0.2) is 0 Å². The van der Waals surface area contributed by atoms with Gasteiger partial charge in [0.1, 0.15) is 4.90 Å². The maximum atomic E-state index is 12.2. The number of nitrogens with zero attached hydrogens (tertiary/aromatic N) is 4. The van der Waals surface area contributed by atoms with Crippen LogP contribution in [0.5, 0.6) is 0 Å². The summed E-state index contributed by atoms with van der Waals surface area (Å²) in [6.45, 7) is 1.91. The van der Waals surface area contributed by atoms with Crippen LogP contribution in [0.25, 0.3) is 10.8 Å². The van der Waals surface area contributed by atoms with E-state index in [1.807, 2.05) is 79.7 Å². The van der Waals surface area contributed by atoms with Crippen LogP contribution in [0.15, 0.2) is 135 Å². The first-order chi connectivity index (χ1) is 18.4. The van der Waals surface area contributed by atoms with Gasteiger partial charge in [0.05, 0.1) is 22.7 Å². The molecule has 0 saturated carbocycles. The molecule has 188 valence electrons. The van der Waals surface area contributed by atoms with Gasteiger partial charge in [-0.15, -0.1) is 5.11 Å². The number of aryl methyl sites for hydroxylation is 1. The molecule has 5 rings (SSSR count). The first kappa shape index (κ1) is 24.9. The van der Waals surface area contributed by atoms with E-state index < -0.39 is 10.1 Å². The van der Waals surface area contributed by atoms with Crippen LogP contribution in [0.3, 0.4) is 0 Å². The summed E-state index contributed by atoms with van der Waals surface area (Å²) in [5.41, 5.74) is 4.70. The first-order valence-corrected chi connectivity index (χ1v) is 13.2. The van der Waals surface area contributed by atoms with E-state index in [0.717, 1.165) is 16.9 Å². The molecule has 0 saturated heterocycles. The van der Waals surface area contributed by atoms with Crippen LogP contribution < -0.4 is 5.32 Å². The molecular weight excluding hydrogens is 498 g/mol. The molecule has 0 aliphatic heterocycles. The van der Waals surface area contributed by atoms with Crippen LogP contribution in [0, 0.1) is 6.92 Å². The summed E-state index contributed by atoms with van der Waals surface area (Å²) in [4.78, 5) is -0.213. The highest BCUT2D eigenvalue weighted by atomic mass is 32.2. The molecule has 0 radical (unpaired) electrons. The Morgan fingerprint density at radius 3 is 2.03 bits per heavy atom. The largest absolute Gasteiger partial charge is 0.355 e. The third-order valence-electron chi connectivity index (χ3n) is 5.79. The third kappa shape index (κ3) is 5.64. The molecule has 0 fully saturated rings. The van der Waals surface area contributed by atoms with Gasteiger partial charge in [-0.25, -0.2) is 0 Å². The molecule has 0 atom stereocenters. The van der Waals surface area contributed by atoms with Crippen molar-refractivity contribution in [1.82, 2.24) is 0 Å². The molecule has 0 amide bonds. The van der Waals surface area contributed by atoms with E-state index >= 15 is 0 Å². The van der Waals surface area contributed by atoms with Gasteiger partial charge in [0, 0.05) is 22.1 Å². The van der Waals surface area contributed by atoms with E-state index in [9.17, 15) is 13.0 Å². The number of fused-ring (bicyclic) bond motifs is 1. The lowest BCUT2D eigenvalue weighted by Crippen LogP contribution is -2.01. The second-order valence-corrected chi connectivity index (χ2v) is 9.87. The number of azo groups is 2. The SMILES string of the molecule is Cc1cc(/N=N/c2ccc(Nc3ccccc3)c3c(S(=O)(=O)O)cccc23)ccc1/N=N/c1ccccc1. The number of nitrogens with one attached hydrogen (secondary N) is 1. The van der Waals surface area contributed by atoms with Crippen LogP contribution in [0.4, 0.5) is 34.1 Å². The van der Waals surface area contributed by atoms with Gasteiger partial charge in [0.25, 0.3) is 10.1 Å². The lowest BCUT2D eigenvalue weighted by Gasteiger charge is -2.13. The second kappa shape index (κ2) is 10.7. The quantitative estimate of drug-likeness (QED) is 0.164. The maximum absolute atomic E-state index is 12.2. The van der Waals surface area contributed by atoms with Crippen molar-refractivity contribution in [2.45, 2.75) is 11.8 Å². The Hall–Kier alpha value is -4.73. The zero-order chi connectivity index (χ0) is 26.5. The molecule has 0 aliphatic carbocycles.